The number of aromatic nitrogens is 4. The van der Waals surface area contributed by atoms with Crippen molar-refractivity contribution < 1.29 is 0 Å². The fourth-order valence-corrected chi connectivity index (χ4v) is 1.71. The summed E-state index contributed by atoms with van der Waals surface area (Å²) in [7, 11) is 0. The first kappa shape index (κ1) is 10.3. The van der Waals surface area contributed by atoms with Crippen LogP contribution >= 0.6 is 23.4 Å². The van der Waals surface area contributed by atoms with Crippen LogP contribution in [0.3, 0.4) is 0 Å². The van der Waals surface area contributed by atoms with Crippen molar-refractivity contribution in [3.63, 3.8) is 0 Å². The fourth-order valence-electron chi connectivity index (χ4n) is 0.912. The topological polar surface area (TPSA) is 51.6 Å². The number of hydrogen-bond acceptors (Lipinski definition) is 5. The zero-order valence-corrected chi connectivity index (χ0v) is 9.24. The highest BCUT2D eigenvalue weighted by Gasteiger charge is 1.99. The molecule has 0 N–H and O–H groups in total. The van der Waals surface area contributed by atoms with Crippen molar-refractivity contribution in [3.8, 4) is 0 Å². The quantitative estimate of drug-likeness (QED) is 0.606. The Morgan fingerprint density at radius 1 is 1.07 bits per heavy atom. The van der Waals surface area contributed by atoms with Crippen LogP contribution in [0.15, 0.2) is 36.0 Å². The highest BCUT2D eigenvalue weighted by atomic mass is 35.5. The molecule has 0 aliphatic heterocycles. The Kier molecular flexibility index (Phi) is 3.47. The van der Waals surface area contributed by atoms with Crippen LogP contribution in [0.25, 0.3) is 0 Å². The lowest BCUT2D eigenvalue weighted by atomic mass is 10.5. The molecule has 2 aromatic rings. The maximum absolute atomic E-state index is 5.62. The summed E-state index contributed by atoms with van der Waals surface area (Å²) in [5, 5.41) is 1.13. The van der Waals surface area contributed by atoms with Gasteiger partial charge in [-0.3, -0.25) is 4.98 Å². The predicted molar refractivity (Wildman–Crippen MR) is 58.6 cm³/mol. The van der Waals surface area contributed by atoms with Crippen molar-refractivity contribution in [2.24, 2.45) is 0 Å². The van der Waals surface area contributed by atoms with E-state index in [4.69, 9.17) is 11.6 Å². The summed E-state index contributed by atoms with van der Waals surface area (Å²) in [6.07, 6.45) is 6.60. The van der Waals surface area contributed by atoms with Gasteiger partial charge in [-0.2, -0.15) is 0 Å². The SMILES string of the molecule is Clc1cnc(CSc2ncccn2)cn1. The van der Waals surface area contributed by atoms with Gasteiger partial charge >= 0.3 is 0 Å². The normalized spacial score (nSPS) is 10.2. The highest BCUT2D eigenvalue weighted by Crippen LogP contribution is 2.16. The Labute approximate surface area is 96.2 Å². The van der Waals surface area contributed by atoms with Crippen molar-refractivity contribution in [2.75, 3.05) is 0 Å². The molecule has 0 unspecified atom stereocenters. The minimum absolute atomic E-state index is 0.403. The largest absolute Gasteiger partial charge is 0.256 e. The van der Waals surface area contributed by atoms with Gasteiger partial charge in [0.25, 0.3) is 0 Å². The second-order valence-corrected chi connectivity index (χ2v) is 3.98. The Bertz CT molecular complexity index is 420. The highest BCUT2D eigenvalue weighted by molar-refractivity contribution is 7.98. The Hall–Kier alpha value is -1.20. The van der Waals surface area contributed by atoms with Crippen molar-refractivity contribution in [1.29, 1.82) is 0 Å². The van der Waals surface area contributed by atoms with Gasteiger partial charge < -0.3 is 0 Å². The maximum Gasteiger partial charge on any atom is 0.187 e. The lowest BCUT2D eigenvalue weighted by Gasteiger charge is -1.98. The first-order chi connectivity index (χ1) is 7.34. The van der Waals surface area contributed by atoms with Crippen LogP contribution in [-0.2, 0) is 5.75 Å². The van der Waals surface area contributed by atoms with E-state index >= 15 is 0 Å². The fraction of sp³-hybridized carbons (Fsp3) is 0.111. The van der Waals surface area contributed by atoms with Crippen molar-refractivity contribution in [3.05, 3.63) is 41.7 Å². The third-order valence-corrected chi connectivity index (χ3v) is 2.67. The van der Waals surface area contributed by atoms with Gasteiger partial charge in [0.1, 0.15) is 5.15 Å². The van der Waals surface area contributed by atoms with E-state index < -0.39 is 0 Å². The molecule has 0 aromatic carbocycles. The van der Waals surface area contributed by atoms with E-state index in [1.54, 1.807) is 24.7 Å². The second-order valence-electron chi connectivity index (χ2n) is 2.65. The number of hydrogen-bond donors (Lipinski definition) is 0. The minimum Gasteiger partial charge on any atom is -0.256 e. The summed E-state index contributed by atoms with van der Waals surface area (Å²) < 4.78 is 0. The van der Waals surface area contributed by atoms with Crippen LogP contribution < -0.4 is 0 Å². The Morgan fingerprint density at radius 2 is 1.87 bits per heavy atom. The molecule has 0 saturated carbocycles. The van der Waals surface area contributed by atoms with Gasteiger partial charge in [-0.05, 0) is 6.07 Å². The third kappa shape index (κ3) is 3.14. The molecular weight excluding hydrogens is 232 g/mol. The van der Waals surface area contributed by atoms with Crippen molar-refractivity contribution in [1.82, 2.24) is 19.9 Å². The molecule has 0 amide bonds. The molecule has 0 atom stereocenters. The van der Waals surface area contributed by atoms with Crippen LogP contribution in [0.1, 0.15) is 5.69 Å². The van der Waals surface area contributed by atoms with Gasteiger partial charge in [0.15, 0.2) is 5.16 Å². The zero-order valence-electron chi connectivity index (χ0n) is 7.67. The van der Waals surface area contributed by atoms with Gasteiger partial charge in [-0.15, -0.1) is 0 Å². The summed E-state index contributed by atoms with van der Waals surface area (Å²) in [6.45, 7) is 0. The van der Waals surface area contributed by atoms with E-state index in [2.05, 4.69) is 19.9 Å². The summed E-state index contributed by atoms with van der Waals surface area (Å²) in [4.78, 5) is 16.2. The Morgan fingerprint density at radius 3 is 2.53 bits per heavy atom. The molecule has 76 valence electrons. The zero-order chi connectivity index (χ0) is 10.5. The van der Waals surface area contributed by atoms with E-state index in [0.29, 0.717) is 10.9 Å². The van der Waals surface area contributed by atoms with Crippen LogP contribution in [0.5, 0.6) is 0 Å². The second kappa shape index (κ2) is 5.04. The Balaban J connectivity index is 1.96. The molecular formula is C9H7ClN4S. The first-order valence-electron chi connectivity index (χ1n) is 4.21. The molecule has 0 aliphatic rings. The molecule has 0 fully saturated rings. The van der Waals surface area contributed by atoms with E-state index in [9.17, 15) is 0 Å². The maximum atomic E-state index is 5.62. The molecule has 15 heavy (non-hydrogen) atoms. The van der Waals surface area contributed by atoms with Crippen LogP contribution in [-0.4, -0.2) is 19.9 Å². The summed E-state index contributed by atoms with van der Waals surface area (Å²) >= 11 is 7.14. The van der Waals surface area contributed by atoms with E-state index in [-0.39, 0.29) is 0 Å². The van der Waals surface area contributed by atoms with Gasteiger partial charge in [0.2, 0.25) is 0 Å². The lowest BCUT2D eigenvalue weighted by molar-refractivity contribution is 0.963. The predicted octanol–water partition coefficient (Wildman–Crippen LogP) is 2.21. The van der Waals surface area contributed by atoms with E-state index in [1.807, 2.05) is 0 Å². The monoisotopic (exact) mass is 238 g/mol. The standard InChI is InChI=1S/C9H7ClN4S/c10-8-5-13-7(4-14-8)6-15-9-11-2-1-3-12-9/h1-5H,6H2. The number of rotatable bonds is 3. The molecule has 2 rings (SSSR count). The number of nitrogens with zero attached hydrogens (tertiary/aromatic N) is 4. The molecule has 6 heteroatoms. The molecule has 0 radical (unpaired) electrons. The molecule has 0 saturated heterocycles. The smallest absolute Gasteiger partial charge is 0.187 e. The van der Waals surface area contributed by atoms with E-state index in [0.717, 1.165) is 10.9 Å². The van der Waals surface area contributed by atoms with Crippen LogP contribution in [0.2, 0.25) is 5.15 Å². The summed E-state index contributed by atoms with van der Waals surface area (Å²) in [5.41, 5.74) is 0.858. The number of thioether (sulfide) groups is 1. The van der Waals surface area contributed by atoms with Crippen LogP contribution in [0, 0.1) is 0 Å². The molecule has 2 heterocycles. The van der Waals surface area contributed by atoms with Gasteiger partial charge in [0, 0.05) is 18.1 Å². The molecule has 0 bridgehead atoms. The van der Waals surface area contributed by atoms with E-state index in [1.165, 1.54) is 18.0 Å². The lowest BCUT2D eigenvalue weighted by Crippen LogP contribution is -1.90. The van der Waals surface area contributed by atoms with Gasteiger partial charge in [-0.25, -0.2) is 15.0 Å². The number of halogens is 1. The average Bonchev–Trinajstić information content (AvgIpc) is 2.30. The average molecular weight is 239 g/mol. The molecule has 0 aliphatic carbocycles. The summed E-state index contributed by atoms with van der Waals surface area (Å²) in [5.74, 6) is 0.689. The molecule has 2 aromatic heterocycles. The third-order valence-electron chi connectivity index (χ3n) is 1.57. The van der Waals surface area contributed by atoms with Crippen LogP contribution in [0.4, 0.5) is 0 Å². The van der Waals surface area contributed by atoms with Gasteiger partial charge in [0.05, 0.1) is 18.1 Å². The molecule has 0 spiro atoms. The minimum atomic E-state index is 0.403. The van der Waals surface area contributed by atoms with Crippen molar-refractivity contribution in [2.45, 2.75) is 10.9 Å². The first-order valence-corrected chi connectivity index (χ1v) is 5.57. The van der Waals surface area contributed by atoms with Crippen molar-refractivity contribution >= 4 is 23.4 Å². The molecule has 4 nitrogen and oxygen atoms in total. The summed E-state index contributed by atoms with van der Waals surface area (Å²) in [6, 6.07) is 1.78. The van der Waals surface area contributed by atoms with Gasteiger partial charge in [-0.1, -0.05) is 23.4 Å².